The van der Waals surface area contributed by atoms with E-state index < -0.39 is 0 Å². The summed E-state index contributed by atoms with van der Waals surface area (Å²) in [6.07, 6.45) is 6.05. The molecule has 0 aromatic rings. The average molecular weight is 196 g/mol. The van der Waals surface area contributed by atoms with E-state index in [4.69, 9.17) is 5.11 Å². The maximum absolute atomic E-state index is 10.2. The van der Waals surface area contributed by atoms with Crippen LogP contribution in [0.4, 0.5) is 0 Å². The molecule has 4 nitrogen and oxygen atoms in total. The van der Waals surface area contributed by atoms with Crippen LogP contribution in [0, 0.1) is 0 Å². The predicted octanol–water partition coefficient (Wildman–Crippen LogP) is 0.816. The minimum absolute atomic E-state index is 0.226. The summed E-state index contributed by atoms with van der Waals surface area (Å²) in [7, 11) is 3.95. The van der Waals surface area contributed by atoms with Crippen LogP contribution in [0.3, 0.4) is 0 Å². The van der Waals surface area contributed by atoms with Crippen molar-refractivity contribution >= 4 is 12.5 Å². The van der Waals surface area contributed by atoms with E-state index in [1.807, 2.05) is 19.0 Å². The van der Waals surface area contributed by atoms with Gasteiger partial charge >= 0.3 is 0 Å². The number of hydrogen-bond donors (Lipinski definition) is 1. The van der Waals surface area contributed by atoms with Crippen molar-refractivity contribution in [3.05, 3.63) is 24.0 Å². The van der Waals surface area contributed by atoms with Crippen LogP contribution < -0.4 is 0 Å². The van der Waals surface area contributed by atoms with Gasteiger partial charge in [-0.3, -0.25) is 9.79 Å². The fourth-order valence-electron chi connectivity index (χ4n) is 0.660. The standard InChI is InChI=1S/C10H16N2O2/c1-12(2)7-6-11-5-3-4-10(8-13)9-14/h3-5,8-9,13H,6-7H2,1-2H3/b4-3-,10-8-,11-5?. The van der Waals surface area contributed by atoms with Gasteiger partial charge in [0, 0.05) is 18.3 Å². The fraction of sp³-hybridized carbons (Fsp3) is 0.400. The summed E-state index contributed by atoms with van der Waals surface area (Å²) < 4.78 is 0. The molecule has 0 aliphatic carbocycles. The van der Waals surface area contributed by atoms with E-state index in [0.29, 0.717) is 6.29 Å². The molecule has 0 saturated heterocycles. The molecule has 0 atom stereocenters. The molecule has 1 N–H and O–H groups in total. The molecule has 0 saturated carbocycles. The highest BCUT2D eigenvalue weighted by Gasteiger charge is 1.85. The van der Waals surface area contributed by atoms with Crippen molar-refractivity contribution in [3.63, 3.8) is 0 Å². The lowest BCUT2D eigenvalue weighted by molar-refractivity contribution is -0.104. The van der Waals surface area contributed by atoms with Gasteiger partial charge in [-0.05, 0) is 26.2 Å². The Morgan fingerprint density at radius 3 is 2.71 bits per heavy atom. The number of rotatable bonds is 6. The van der Waals surface area contributed by atoms with Gasteiger partial charge in [0.2, 0.25) is 0 Å². The van der Waals surface area contributed by atoms with Crippen molar-refractivity contribution in [1.82, 2.24) is 4.90 Å². The van der Waals surface area contributed by atoms with E-state index in [-0.39, 0.29) is 5.57 Å². The Morgan fingerprint density at radius 1 is 1.50 bits per heavy atom. The number of hydrogen-bond acceptors (Lipinski definition) is 4. The zero-order valence-electron chi connectivity index (χ0n) is 8.55. The minimum atomic E-state index is 0.226. The van der Waals surface area contributed by atoms with E-state index in [9.17, 15) is 4.79 Å². The predicted molar refractivity (Wildman–Crippen MR) is 57.8 cm³/mol. The van der Waals surface area contributed by atoms with Crippen LogP contribution >= 0.6 is 0 Å². The Bertz CT molecular complexity index is 243. The van der Waals surface area contributed by atoms with Crippen molar-refractivity contribution in [2.75, 3.05) is 27.2 Å². The maximum Gasteiger partial charge on any atom is 0.153 e. The van der Waals surface area contributed by atoms with Gasteiger partial charge in [0.05, 0.1) is 12.8 Å². The Kier molecular flexibility index (Phi) is 7.36. The molecule has 0 bridgehead atoms. The minimum Gasteiger partial charge on any atom is -0.515 e. The van der Waals surface area contributed by atoms with Gasteiger partial charge in [-0.1, -0.05) is 0 Å². The van der Waals surface area contributed by atoms with E-state index in [2.05, 4.69) is 4.99 Å². The highest BCUT2D eigenvalue weighted by Crippen LogP contribution is 1.88. The molecule has 0 fully saturated rings. The first kappa shape index (κ1) is 12.6. The molecule has 0 aliphatic heterocycles. The van der Waals surface area contributed by atoms with Crippen molar-refractivity contribution in [1.29, 1.82) is 0 Å². The summed E-state index contributed by atoms with van der Waals surface area (Å²) in [6.45, 7) is 1.61. The summed E-state index contributed by atoms with van der Waals surface area (Å²) in [6, 6.07) is 0. The van der Waals surface area contributed by atoms with Gasteiger partial charge in [-0.15, -0.1) is 0 Å². The summed E-state index contributed by atoms with van der Waals surface area (Å²) in [5, 5.41) is 8.51. The third kappa shape index (κ3) is 7.24. The van der Waals surface area contributed by atoms with Crippen LogP contribution in [0.25, 0.3) is 0 Å². The van der Waals surface area contributed by atoms with Crippen molar-refractivity contribution in [3.8, 4) is 0 Å². The van der Waals surface area contributed by atoms with Gasteiger partial charge < -0.3 is 10.0 Å². The smallest absolute Gasteiger partial charge is 0.153 e. The zero-order valence-corrected chi connectivity index (χ0v) is 8.55. The molecule has 0 heterocycles. The van der Waals surface area contributed by atoms with Gasteiger partial charge in [-0.25, -0.2) is 0 Å². The van der Waals surface area contributed by atoms with Crippen molar-refractivity contribution < 1.29 is 9.90 Å². The second-order valence-electron chi connectivity index (χ2n) is 2.96. The first-order valence-corrected chi connectivity index (χ1v) is 4.31. The lowest BCUT2D eigenvalue weighted by Gasteiger charge is -2.04. The lowest BCUT2D eigenvalue weighted by atomic mass is 10.3. The van der Waals surface area contributed by atoms with Gasteiger partial charge in [0.25, 0.3) is 0 Å². The summed E-state index contributed by atoms with van der Waals surface area (Å²) in [4.78, 5) is 16.3. The second kappa shape index (κ2) is 8.19. The lowest BCUT2D eigenvalue weighted by Crippen LogP contribution is -2.15. The normalized spacial score (nSPS) is 13.2. The van der Waals surface area contributed by atoms with E-state index in [1.54, 1.807) is 12.3 Å². The topological polar surface area (TPSA) is 52.9 Å². The Hall–Kier alpha value is -1.42. The van der Waals surface area contributed by atoms with Crippen molar-refractivity contribution in [2.45, 2.75) is 0 Å². The van der Waals surface area contributed by atoms with Gasteiger partial charge in [0.1, 0.15) is 0 Å². The number of likely N-dealkylation sites (N-methyl/N-ethyl adjacent to an activating group) is 1. The number of carbonyl (C=O) groups is 1. The molecule has 0 spiro atoms. The first-order valence-electron chi connectivity index (χ1n) is 4.31. The Labute approximate surface area is 84.3 Å². The van der Waals surface area contributed by atoms with E-state index in [1.165, 1.54) is 6.08 Å². The van der Waals surface area contributed by atoms with Crippen LogP contribution in [-0.4, -0.2) is 49.7 Å². The summed E-state index contributed by atoms with van der Waals surface area (Å²) in [5.74, 6) is 0. The average Bonchev–Trinajstić information content (AvgIpc) is 2.16. The van der Waals surface area contributed by atoms with Gasteiger partial charge in [-0.2, -0.15) is 0 Å². The first-order chi connectivity index (χ1) is 6.70. The van der Waals surface area contributed by atoms with E-state index >= 15 is 0 Å². The number of aliphatic imine (C=N–C) groups is 1. The molecular weight excluding hydrogens is 180 g/mol. The molecule has 0 aromatic carbocycles. The molecular formula is C10H16N2O2. The quantitative estimate of drug-likeness (QED) is 0.225. The fourth-order valence-corrected chi connectivity index (χ4v) is 0.660. The third-order valence-corrected chi connectivity index (χ3v) is 1.44. The number of allylic oxidation sites excluding steroid dienone is 3. The van der Waals surface area contributed by atoms with Crippen molar-refractivity contribution in [2.24, 2.45) is 4.99 Å². The van der Waals surface area contributed by atoms with Crippen LogP contribution in [0.1, 0.15) is 0 Å². The molecule has 0 radical (unpaired) electrons. The molecule has 78 valence electrons. The molecule has 0 rings (SSSR count). The largest absolute Gasteiger partial charge is 0.515 e. The summed E-state index contributed by atoms with van der Waals surface area (Å²) in [5.41, 5.74) is 0.226. The monoisotopic (exact) mass is 196 g/mol. The van der Waals surface area contributed by atoms with Crippen LogP contribution in [0.5, 0.6) is 0 Å². The van der Waals surface area contributed by atoms with Crippen LogP contribution in [0.15, 0.2) is 29.0 Å². The SMILES string of the molecule is CN(C)CCN=C/C=C\C(C=O)=C\O. The molecule has 4 heteroatoms. The Balaban J connectivity index is 3.75. The molecule has 0 aromatic heterocycles. The van der Waals surface area contributed by atoms with Gasteiger partial charge in [0.15, 0.2) is 6.29 Å². The number of nitrogens with zero attached hydrogens (tertiary/aromatic N) is 2. The number of aliphatic hydroxyl groups excluding tert-OH is 1. The molecule has 0 unspecified atom stereocenters. The summed E-state index contributed by atoms with van der Waals surface area (Å²) >= 11 is 0. The van der Waals surface area contributed by atoms with E-state index in [0.717, 1.165) is 19.4 Å². The number of carbonyl (C=O) groups excluding carboxylic acids is 1. The Morgan fingerprint density at radius 2 is 2.21 bits per heavy atom. The highest BCUT2D eigenvalue weighted by atomic mass is 16.2. The third-order valence-electron chi connectivity index (χ3n) is 1.44. The highest BCUT2D eigenvalue weighted by molar-refractivity contribution is 5.81. The number of aliphatic hydroxyl groups is 1. The molecule has 14 heavy (non-hydrogen) atoms. The zero-order chi connectivity index (χ0) is 10.8. The molecule has 0 amide bonds. The number of aldehydes is 1. The molecule has 0 aliphatic rings. The second-order valence-corrected chi connectivity index (χ2v) is 2.96. The maximum atomic E-state index is 10.2. The van der Waals surface area contributed by atoms with Crippen LogP contribution in [0.2, 0.25) is 0 Å². The van der Waals surface area contributed by atoms with Crippen LogP contribution in [-0.2, 0) is 4.79 Å².